The first-order chi connectivity index (χ1) is 9.81. The van der Waals surface area contributed by atoms with Crippen LogP contribution in [0.3, 0.4) is 0 Å². The fourth-order valence-electron chi connectivity index (χ4n) is 1.89. The van der Waals surface area contributed by atoms with Gasteiger partial charge in [-0.05, 0) is 25.0 Å². The number of carboxylic acids is 1. The zero-order valence-electron chi connectivity index (χ0n) is 11.8. The van der Waals surface area contributed by atoms with Gasteiger partial charge in [-0.25, -0.2) is 8.78 Å². The largest absolute Gasteiger partial charge is 0.493 e. The van der Waals surface area contributed by atoms with E-state index in [9.17, 15) is 13.6 Å². The van der Waals surface area contributed by atoms with E-state index in [4.69, 9.17) is 14.6 Å². The second-order valence-electron chi connectivity index (χ2n) is 4.49. The van der Waals surface area contributed by atoms with Crippen molar-refractivity contribution in [3.63, 3.8) is 0 Å². The van der Waals surface area contributed by atoms with E-state index in [0.29, 0.717) is 5.75 Å². The molecule has 0 saturated heterocycles. The second-order valence-corrected chi connectivity index (χ2v) is 5.35. The van der Waals surface area contributed by atoms with Crippen LogP contribution < -0.4 is 9.47 Å². The first kappa shape index (κ1) is 17.7. The SMILES string of the molecule is COc1cc(Br)c(C(F)(F)CCCCC(=O)O)cc1OC. The number of hydrogen-bond acceptors (Lipinski definition) is 3. The fourth-order valence-corrected chi connectivity index (χ4v) is 2.50. The van der Waals surface area contributed by atoms with E-state index in [0.717, 1.165) is 0 Å². The van der Waals surface area contributed by atoms with Crippen molar-refractivity contribution < 1.29 is 28.2 Å². The van der Waals surface area contributed by atoms with E-state index in [1.165, 1.54) is 26.4 Å². The third kappa shape index (κ3) is 4.84. The average Bonchev–Trinajstić information content (AvgIpc) is 2.42. The van der Waals surface area contributed by atoms with Gasteiger partial charge < -0.3 is 14.6 Å². The summed E-state index contributed by atoms with van der Waals surface area (Å²) in [4.78, 5) is 10.4. The molecule has 0 amide bonds. The van der Waals surface area contributed by atoms with Crippen molar-refractivity contribution in [3.05, 3.63) is 22.2 Å². The summed E-state index contributed by atoms with van der Waals surface area (Å²) in [7, 11) is 2.80. The number of ether oxygens (including phenoxy) is 2. The number of halogens is 3. The molecule has 1 aromatic carbocycles. The number of unbranched alkanes of at least 4 members (excludes halogenated alkanes) is 1. The summed E-state index contributed by atoms with van der Waals surface area (Å²) in [6, 6.07) is 2.67. The van der Waals surface area contributed by atoms with Gasteiger partial charge in [0.2, 0.25) is 0 Å². The van der Waals surface area contributed by atoms with Crippen molar-refractivity contribution >= 4 is 21.9 Å². The number of alkyl halides is 2. The van der Waals surface area contributed by atoms with Crippen LogP contribution >= 0.6 is 15.9 Å². The highest BCUT2D eigenvalue weighted by Gasteiger charge is 2.34. The third-order valence-corrected chi connectivity index (χ3v) is 3.65. The smallest absolute Gasteiger partial charge is 0.303 e. The van der Waals surface area contributed by atoms with Gasteiger partial charge in [0.15, 0.2) is 11.5 Å². The molecule has 0 heterocycles. The Bertz CT molecular complexity index is 506. The summed E-state index contributed by atoms with van der Waals surface area (Å²) in [6.45, 7) is 0. The van der Waals surface area contributed by atoms with Crippen molar-refractivity contribution in [2.24, 2.45) is 0 Å². The number of aliphatic carboxylic acids is 1. The van der Waals surface area contributed by atoms with Gasteiger partial charge in [-0.2, -0.15) is 0 Å². The number of carbonyl (C=O) groups is 1. The predicted octanol–water partition coefficient (Wildman–Crippen LogP) is 4.20. The molecule has 4 nitrogen and oxygen atoms in total. The molecule has 1 N–H and O–H groups in total. The van der Waals surface area contributed by atoms with Crippen LogP contribution in [-0.4, -0.2) is 25.3 Å². The van der Waals surface area contributed by atoms with Crippen molar-refractivity contribution in [2.75, 3.05) is 14.2 Å². The zero-order chi connectivity index (χ0) is 16.0. The van der Waals surface area contributed by atoms with Gasteiger partial charge in [0, 0.05) is 22.9 Å². The standard InChI is InChI=1S/C14H17BrF2O4/c1-20-11-7-9(10(15)8-12(11)21-2)14(16,17)6-4-3-5-13(18)19/h7-8H,3-6H2,1-2H3,(H,18,19). The molecule has 21 heavy (non-hydrogen) atoms. The van der Waals surface area contributed by atoms with Crippen LogP contribution in [0.2, 0.25) is 0 Å². The molecule has 1 rings (SSSR count). The zero-order valence-corrected chi connectivity index (χ0v) is 13.4. The summed E-state index contributed by atoms with van der Waals surface area (Å²) in [6.07, 6.45) is -0.187. The minimum Gasteiger partial charge on any atom is -0.493 e. The lowest BCUT2D eigenvalue weighted by molar-refractivity contribution is -0.137. The summed E-state index contributed by atoms with van der Waals surface area (Å²) in [5.74, 6) is -3.47. The van der Waals surface area contributed by atoms with Crippen molar-refractivity contribution in [1.82, 2.24) is 0 Å². The van der Waals surface area contributed by atoms with Crippen LogP contribution in [0, 0.1) is 0 Å². The second kappa shape index (κ2) is 7.59. The number of carboxylic acid groups (broad SMARTS) is 1. The monoisotopic (exact) mass is 366 g/mol. The Morgan fingerprint density at radius 1 is 1.24 bits per heavy atom. The normalized spacial score (nSPS) is 11.3. The molecule has 0 unspecified atom stereocenters. The Balaban J connectivity index is 2.88. The molecular formula is C14H17BrF2O4. The highest BCUT2D eigenvalue weighted by atomic mass is 79.9. The van der Waals surface area contributed by atoms with E-state index >= 15 is 0 Å². The number of methoxy groups -OCH3 is 2. The number of hydrogen-bond donors (Lipinski definition) is 1. The van der Waals surface area contributed by atoms with Gasteiger partial charge in [0.05, 0.1) is 14.2 Å². The lowest BCUT2D eigenvalue weighted by Gasteiger charge is -2.20. The molecule has 0 saturated carbocycles. The molecule has 0 bridgehead atoms. The third-order valence-electron chi connectivity index (χ3n) is 3.00. The van der Waals surface area contributed by atoms with Crippen LogP contribution in [-0.2, 0) is 10.7 Å². The maximum Gasteiger partial charge on any atom is 0.303 e. The molecule has 7 heteroatoms. The molecule has 0 fully saturated rings. The minimum atomic E-state index is -3.07. The molecule has 1 aromatic rings. The molecule has 0 spiro atoms. The summed E-state index contributed by atoms with van der Waals surface area (Å²) < 4.78 is 38.7. The van der Waals surface area contributed by atoms with Crippen LogP contribution in [0.4, 0.5) is 8.78 Å². The average molecular weight is 367 g/mol. The Morgan fingerprint density at radius 3 is 2.33 bits per heavy atom. The lowest BCUT2D eigenvalue weighted by atomic mass is 10.0. The van der Waals surface area contributed by atoms with Crippen molar-refractivity contribution in [2.45, 2.75) is 31.6 Å². The highest BCUT2D eigenvalue weighted by molar-refractivity contribution is 9.10. The minimum absolute atomic E-state index is 0.108. The Hall–Kier alpha value is -1.37. The van der Waals surface area contributed by atoms with Gasteiger partial charge in [-0.3, -0.25) is 4.79 Å². The maximum absolute atomic E-state index is 14.2. The quantitative estimate of drug-likeness (QED) is 0.700. The van der Waals surface area contributed by atoms with Crippen molar-refractivity contribution in [1.29, 1.82) is 0 Å². The van der Waals surface area contributed by atoms with Crippen molar-refractivity contribution in [3.8, 4) is 11.5 Å². The van der Waals surface area contributed by atoms with E-state index in [-0.39, 0.29) is 35.0 Å². The number of benzene rings is 1. The van der Waals surface area contributed by atoms with Crippen LogP contribution in [0.1, 0.15) is 31.2 Å². The molecule has 0 aromatic heterocycles. The Kier molecular flexibility index (Phi) is 6.39. The van der Waals surface area contributed by atoms with Crippen LogP contribution in [0.5, 0.6) is 11.5 Å². The summed E-state index contributed by atoms with van der Waals surface area (Å²) >= 11 is 3.11. The summed E-state index contributed by atoms with van der Waals surface area (Å²) in [5, 5.41) is 8.50. The highest BCUT2D eigenvalue weighted by Crippen LogP contribution is 2.43. The lowest BCUT2D eigenvalue weighted by Crippen LogP contribution is -2.15. The van der Waals surface area contributed by atoms with Crippen LogP contribution in [0.25, 0.3) is 0 Å². The molecular weight excluding hydrogens is 350 g/mol. The van der Waals surface area contributed by atoms with Gasteiger partial charge in [0.25, 0.3) is 5.92 Å². The first-order valence-corrected chi connectivity index (χ1v) is 7.12. The molecule has 0 aliphatic heterocycles. The van der Waals surface area contributed by atoms with Gasteiger partial charge >= 0.3 is 5.97 Å². The maximum atomic E-state index is 14.2. The Labute approximate surface area is 130 Å². The van der Waals surface area contributed by atoms with E-state index in [1.54, 1.807) is 0 Å². The number of rotatable bonds is 8. The fraction of sp³-hybridized carbons (Fsp3) is 0.500. The van der Waals surface area contributed by atoms with Gasteiger partial charge in [-0.15, -0.1) is 0 Å². The van der Waals surface area contributed by atoms with Crippen LogP contribution in [0.15, 0.2) is 16.6 Å². The molecule has 118 valence electrons. The molecule has 0 radical (unpaired) electrons. The van der Waals surface area contributed by atoms with Gasteiger partial charge in [0.1, 0.15) is 0 Å². The van der Waals surface area contributed by atoms with E-state index in [1.807, 2.05) is 0 Å². The molecule has 0 aliphatic rings. The first-order valence-electron chi connectivity index (χ1n) is 6.33. The van der Waals surface area contributed by atoms with E-state index in [2.05, 4.69) is 15.9 Å². The topological polar surface area (TPSA) is 55.8 Å². The molecule has 0 atom stereocenters. The predicted molar refractivity (Wildman–Crippen MR) is 77.2 cm³/mol. The summed E-state index contributed by atoms with van der Waals surface area (Å²) in [5.41, 5.74) is -0.199. The van der Waals surface area contributed by atoms with Gasteiger partial charge in [-0.1, -0.05) is 15.9 Å². The van der Waals surface area contributed by atoms with E-state index < -0.39 is 18.3 Å². The molecule has 0 aliphatic carbocycles. The Morgan fingerprint density at radius 2 is 1.81 bits per heavy atom.